The number of amides is 1. The van der Waals surface area contributed by atoms with E-state index in [0.29, 0.717) is 11.3 Å². The van der Waals surface area contributed by atoms with E-state index in [-0.39, 0.29) is 5.37 Å². The van der Waals surface area contributed by atoms with Crippen LogP contribution >= 0.6 is 11.8 Å². The van der Waals surface area contributed by atoms with Crippen molar-refractivity contribution in [3.63, 3.8) is 0 Å². The van der Waals surface area contributed by atoms with Gasteiger partial charge in [-0.15, -0.1) is 11.8 Å². The normalized spacial score (nSPS) is 33.7. The number of hydrogen-bond donors (Lipinski definition) is 0. The highest BCUT2D eigenvalue weighted by molar-refractivity contribution is 8.01. The number of carbonyl (C=O) groups excluding carboxylic acids is 1. The Morgan fingerprint density at radius 2 is 2.00 bits per heavy atom. The van der Waals surface area contributed by atoms with Gasteiger partial charge in [0.15, 0.2) is 0 Å². The van der Waals surface area contributed by atoms with Crippen molar-refractivity contribution in [2.24, 2.45) is 0 Å². The molecular weight excluding hydrogens is 208 g/mol. The lowest BCUT2D eigenvalue weighted by Crippen LogP contribution is -2.42. The number of likely N-dealkylation sites (N-methyl/N-ethyl adjacent to an activating group) is 1. The quantitative estimate of drug-likeness (QED) is 0.719. The molecule has 2 aliphatic rings. The lowest BCUT2D eigenvalue weighted by atomic mass is 10.1. The van der Waals surface area contributed by atoms with E-state index in [1.807, 2.05) is 23.7 Å². The zero-order valence-electron chi connectivity index (χ0n) is 9.61. The molecule has 2 heterocycles. The van der Waals surface area contributed by atoms with Crippen molar-refractivity contribution in [1.82, 2.24) is 9.80 Å². The Bertz CT molecular complexity index is 241. The van der Waals surface area contributed by atoms with Crippen LogP contribution in [0.3, 0.4) is 0 Å². The molecule has 0 saturated carbocycles. The summed E-state index contributed by atoms with van der Waals surface area (Å²) in [4.78, 5) is 16.3. The van der Waals surface area contributed by atoms with E-state index < -0.39 is 0 Å². The Morgan fingerprint density at radius 1 is 1.33 bits per heavy atom. The van der Waals surface area contributed by atoms with Gasteiger partial charge in [-0.1, -0.05) is 13.3 Å². The highest BCUT2D eigenvalue weighted by Gasteiger charge is 2.40. The van der Waals surface area contributed by atoms with Gasteiger partial charge in [0.2, 0.25) is 0 Å². The molecule has 0 radical (unpaired) electrons. The van der Waals surface area contributed by atoms with Crippen LogP contribution < -0.4 is 0 Å². The first-order valence-corrected chi connectivity index (χ1v) is 6.84. The maximum absolute atomic E-state index is 12.0. The van der Waals surface area contributed by atoms with Gasteiger partial charge in [0.05, 0.1) is 5.37 Å². The summed E-state index contributed by atoms with van der Waals surface area (Å²) >= 11 is 1.84. The molecule has 2 rings (SSSR count). The van der Waals surface area contributed by atoms with Gasteiger partial charge in [0.25, 0.3) is 5.91 Å². The van der Waals surface area contributed by atoms with Gasteiger partial charge in [0, 0.05) is 7.05 Å². The first-order chi connectivity index (χ1) is 7.24. The number of hydrogen-bond acceptors (Lipinski definition) is 3. The fraction of sp³-hybridized carbons (Fsp3) is 0.909. The van der Waals surface area contributed by atoms with Gasteiger partial charge in [-0.2, -0.15) is 0 Å². The predicted molar refractivity (Wildman–Crippen MR) is 63.7 cm³/mol. The van der Waals surface area contributed by atoms with Gasteiger partial charge in [0.1, 0.15) is 5.37 Å². The van der Waals surface area contributed by atoms with E-state index in [4.69, 9.17) is 0 Å². The molecule has 0 aromatic carbocycles. The molecule has 0 N–H and O–H groups in total. The first kappa shape index (κ1) is 11.3. The number of rotatable bonds is 2. The average Bonchev–Trinajstić information content (AvgIpc) is 2.57. The summed E-state index contributed by atoms with van der Waals surface area (Å²) in [6, 6.07) is 0. The molecule has 2 unspecified atom stereocenters. The monoisotopic (exact) mass is 228 g/mol. The number of piperidine rings is 1. The third-order valence-electron chi connectivity index (χ3n) is 3.35. The van der Waals surface area contributed by atoms with Crippen molar-refractivity contribution >= 4 is 17.7 Å². The summed E-state index contributed by atoms with van der Waals surface area (Å²) < 4.78 is 0. The third-order valence-corrected chi connectivity index (χ3v) is 5.07. The molecular formula is C11H20N2OS. The number of thioether (sulfide) groups is 1. The van der Waals surface area contributed by atoms with Crippen molar-refractivity contribution in [3.8, 4) is 0 Å². The fourth-order valence-corrected chi connectivity index (χ4v) is 3.82. The second kappa shape index (κ2) is 4.74. The van der Waals surface area contributed by atoms with Crippen LogP contribution in [0.5, 0.6) is 0 Å². The molecule has 15 heavy (non-hydrogen) atoms. The number of carbonyl (C=O) groups is 1. The summed E-state index contributed by atoms with van der Waals surface area (Å²) in [6.45, 7) is 4.36. The lowest BCUT2D eigenvalue weighted by Gasteiger charge is -2.30. The Balaban J connectivity index is 2.00. The minimum atomic E-state index is 0.111. The topological polar surface area (TPSA) is 23.6 Å². The highest BCUT2D eigenvalue weighted by atomic mass is 32.2. The van der Waals surface area contributed by atoms with E-state index in [2.05, 4.69) is 11.8 Å². The predicted octanol–water partition coefficient (Wildman–Crippen LogP) is 1.74. The molecule has 2 aliphatic heterocycles. The smallest absolute Gasteiger partial charge is 0.251 e. The molecule has 2 saturated heterocycles. The zero-order chi connectivity index (χ0) is 10.8. The minimum Gasteiger partial charge on any atom is -0.332 e. The van der Waals surface area contributed by atoms with Gasteiger partial charge in [-0.25, -0.2) is 0 Å². The van der Waals surface area contributed by atoms with Crippen LogP contribution in [0.1, 0.15) is 32.6 Å². The first-order valence-electron chi connectivity index (χ1n) is 5.90. The Hall–Kier alpha value is -0.220. The summed E-state index contributed by atoms with van der Waals surface area (Å²) in [6.07, 6.45) is 4.89. The maximum atomic E-state index is 12.0. The van der Waals surface area contributed by atoms with Crippen LogP contribution in [0.4, 0.5) is 0 Å². The molecule has 4 heteroatoms. The van der Waals surface area contributed by atoms with Crippen molar-refractivity contribution in [2.45, 2.75) is 43.4 Å². The summed E-state index contributed by atoms with van der Waals surface area (Å²) in [5.74, 6) is 0.314. The van der Waals surface area contributed by atoms with Crippen LogP contribution in [-0.2, 0) is 4.79 Å². The number of likely N-dealkylation sites (tertiary alicyclic amines) is 1. The summed E-state index contributed by atoms with van der Waals surface area (Å²) in [5, 5.41) is 0.504. The lowest BCUT2D eigenvalue weighted by molar-refractivity contribution is -0.131. The summed E-state index contributed by atoms with van der Waals surface area (Å²) in [5.41, 5.74) is 0. The van der Waals surface area contributed by atoms with Gasteiger partial charge >= 0.3 is 0 Å². The largest absolute Gasteiger partial charge is 0.332 e. The van der Waals surface area contributed by atoms with E-state index in [1.165, 1.54) is 19.3 Å². The van der Waals surface area contributed by atoms with Gasteiger partial charge in [-0.3, -0.25) is 9.69 Å². The molecule has 0 bridgehead atoms. The van der Waals surface area contributed by atoms with E-state index in [0.717, 1.165) is 19.5 Å². The summed E-state index contributed by atoms with van der Waals surface area (Å²) in [7, 11) is 1.94. The van der Waals surface area contributed by atoms with Crippen LogP contribution in [-0.4, -0.2) is 46.6 Å². The van der Waals surface area contributed by atoms with Crippen LogP contribution in [0, 0.1) is 0 Å². The average molecular weight is 228 g/mol. The van der Waals surface area contributed by atoms with E-state index in [1.54, 1.807) is 0 Å². The zero-order valence-corrected chi connectivity index (χ0v) is 10.4. The maximum Gasteiger partial charge on any atom is 0.251 e. The minimum absolute atomic E-state index is 0.111. The van der Waals surface area contributed by atoms with Gasteiger partial charge < -0.3 is 4.90 Å². The fourth-order valence-electron chi connectivity index (χ4n) is 2.38. The van der Waals surface area contributed by atoms with E-state index in [9.17, 15) is 4.79 Å². The Morgan fingerprint density at radius 3 is 2.53 bits per heavy atom. The third kappa shape index (κ3) is 2.16. The molecule has 1 amide bonds. The molecule has 2 fully saturated rings. The van der Waals surface area contributed by atoms with Crippen molar-refractivity contribution in [1.29, 1.82) is 0 Å². The molecule has 0 aromatic rings. The molecule has 2 atom stereocenters. The second-order valence-electron chi connectivity index (χ2n) is 4.40. The Labute approximate surface area is 96.2 Å². The van der Waals surface area contributed by atoms with Crippen molar-refractivity contribution < 1.29 is 4.79 Å². The Kier molecular flexibility index (Phi) is 3.57. The van der Waals surface area contributed by atoms with Crippen molar-refractivity contribution in [3.05, 3.63) is 0 Å². The SMILES string of the molecule is CCC1SC(N2CCCCC2)C(=O)N1C. The molecule has 86 valence electrons. The van der Waals surface area contributed by atoms with Crippen LogP contribution in [0.15, 0.2) is 0 Å². The van der Waals surface area contributed by atoms with Gasteiger partial charge in [-0.05, 0) is 32.4 Å². The molecule has 0 aliphatic carbocycles. The van der Waals surface area contributed by atoms with Crippen LogP contribution in [0.2, 0.25) is 0 Å². The second-order valence-corrected chi connectivity index (χ2v) is 5.66. The molecule has 3 nitrogen and oxygen atoms in total. The molecule has 0 spiro atoms. The molecule has 0 aromatic heterocycles. The number of nitrogens with zero attached hydrogens (tertiary/aromatic N) is 2. The van der Waals surface area contributed by atoms with Crippen molar-refractivity contribution in [2.75, 3.05) is 20.1 Å². The highest BCUT2D eigenvalue weighted by Crippen LogP contribution is 2.35. The van der Waals surface area contributed by atoms with Crippen LogP contribution in [0.25, 0.3) is 0 Å². The standard InChI is InChI=1S/C11H20N2OS/c1-3-9-12(2)10(14)11(15-9)13-7-5-4-6-8-13/h9,11H,3-8H2,1-2H3. The van der Waals surface area contributed by atoms with E-state index >= 15 is 0 Å².